The van der Waals surface area contributed by atoms with Crippen molar-refractivity contribution >= 4 is 23.4 Å². The van der Waals surface area contributed by atoms with Crippen molar-refractivity contribution < 1.29 is 14.3 Å². The maximum absolute atomic E-state index is 12.7. The van der Waals surface area contributed by atoms with E-state index in [0.29, 0.717) is 18.2 Å². The van der Waals surface area contributed by atoms with Gasteiger partial charge in [0.05, 0.1) is 25.0 Å². The molecule has 2 amide bonds. The normalized spacial score (nSPS) is 21.1. The minimum absolute atomic E-state index is 0.0519. The summed E-state index contributed by atoms with van der Waals surface area (Å²) in [5.41, 5.74) is 5.53. The number of amides is 2. The molecular weight excluding hydrogens is 304 g/mol. The topological polar surface area (TPSA) is 72.6 Å². The summed E-state index contributed by atoms with van der Waals surface area (Å²) < 4.78 is 5.26. The molecule has 1 saturated heterocycles. The van der Waals surface area contributed by atoms with Gasteiger partial charge in [0.25, 0.3) is 0 Å². The van der Waals surface area contributed by atoms with Crippen LogP contribution in [0.25, 0.3) is 0 Å². The van der Waals surface area contributed by atoms with Gasteiger partial charge in [-0.1, -0.05) is 29.8 Å². The highest BCUT2D eigenvalue weighted by molar-refractivity contribution is 6.31. The Morgan fingerprint density at radius 1 is 1.41 bits per heavy atom. The van der Waals surface area contributed by atoms with Crippen LogP contribution in [0.1, 0.15) is 24.8 Å². The number of nitrogens with two attached hydrogens (primary N) is 1. The molecule has 1 fully saturated rings. The third-order valence-electron chi connectivity index (χ3n) is 4.11. The monoisotopic (exact) mass is 324 g/mol. The molecule has 1 aliphatic heterocycles. The lowest BCUT2D eigenvalue weighted by Crippen LogP contribution is -2.53. The molecule has 0 spiro atoms. The number of primary amides is 1. The predicted octanol–water partition coefficient (Wildman–Crippen LogP) is 1.77. The standard InChI is InChI=1S/C16H21ClN2O3/c1-22-11-16(10-14(18)20)7-4-8-19(16)15(21)9-12-5-2-3-6-13(12)17/h2-3,5-6H,4,7-11H2,1H3,(H2,18,20)/t16-/m0/s1. The highest BCUT2D eigenvalue weighted by Gasteiger charge is 2.44. The van der Waals surface area contributed by atoms with Crippen molar-refractivity contribution in [1.82, 2.24) is 4.90 Å². The van der Waals surface area contributed by atoms with Crippen LogP contribution in [0.2, 0.25) is 5.02 Å². The van der Waals surface area contributed by atoms with E-state index >= 15 is 0 Å². The molecule has 2 N–H and O–H groups in total. The number of hydrogen-bond donors (Lipinski definition) is 1. The summed E-state index contributed by atoms with van der Waals surface area (Å²) in [5.74, 6) is -0.474. The van der Waals surface area contributed by atoms with Crippen LogP contribution in [-0.4, -0.2) is 42.5 Å². The van der Waals surface area contributed by atoms with Crippen molar-refractivity contribution in [2.45, 2.75) is 31.2 Å². The van der Waals surface area contributed by atoms with E-state index in [0.717, 1.165) is 18.4 Å². The Labute approximate surface area is 135 Å². The zero-order valence-corrected chi connectivity index (χ0v) is 13.4. The summed E-state index contributed by atoms with van der Waals surface area (Å²) in [4.78, 5) is 25.9. The van der Waals surface area contributed by atoms with E-state index in [1.54, 1.807) is 18.1 Å². The fourth-order valence-corrected chi connectivity index (χ4v) is 3.41. The summed E-state index contributed by atoms with van der Waals surface area (Å²) in [6, 6.07) is 7.28. The smallest absolute Gasteiger partial charge is 0.227 e. The van der Waals surface area contributed by atoms with Gasteiger partial charge in [-0.3, -0.25) is 9.59 Å². The Kier molecular flexibility index (Phi) is 5.42. The van der Waals surface area contributed by atoms with Crippen LogP contribution in [0.5, 0.6) is 0 Å². The summed E-state index contributed by atoms with van der Waals surface area (Å²) in [6.45, 7) is 0.921. The first-order valence-corrected chi connectivity index (χ1v) is 7.67. The largest absolute Gasteiger partial charge is 0.382 e. The Bertz CT molecular complexity index is 564. The zero-order chi connectivity index (χ0) is 16.2. The zero-order valence-electron chi connectivity index (χ0n) is 12.7. The van der Waals surface area contributed by atoms with Gasteiger partial charge in [-0.2, -0.15) is 0 Å². The highest BCUT2D eigenvalue weighted by atomic mass is 35.5. The van der Waals surface area contributed by atoms with Crippen molar-refractivity contribution in [3.8, 4) is 0 Å². The van der Waals surface area contributed by atoms with Gasteiger partial charge in [0.15, 0.2) is 0 Å². The van der Waals surface area contributed by atoms with E-state index in [1.165, 1.54) is 0 Å². The molecule has 0 saturated carbocycles. The molecular formula is C16H21ClN2O3. The second-order valence-corrected chi connectivity index (χ2v) is 6.12. The van der Waals surface area contributed by atoms with Crippen LogP contribution >= 0.6 is 11.6 Å². The Hall–Kier alpha value is -1.59. The molecule has 0 bridgehead atoms. The SMILES string of the molecule is COC[C@@]1(CC(N)=O)CCCN1C(=O)Cc1ccccc1Cl. The maximum atomic E-state index is 12.7. The third-order valence-corrected chi connectivity index (χ3v) is 4.48. The number of carbonyl (C=O) groups excluding carboxylic acids is 2. The van der Waals surface area contributed by atoms with E-state index in [4.69, 9.17) is 22.1 Å². The van der Waals surface area contributed by atoms with E-state index < -0.39 is 11.4 Å². The van der Waals surface area contributed by atoms with Gasteiger partial charge in [0.1, 0.15) is 0 Å². The van der Waals surface area contributed by atoms with Crippen LogP contribution < -0.4 is 5.73 Å². The molecule has 22 heavy (non-hydrogen) atoms. The minimum atomic E-state index is -0.626. The van der Waals surface area contributed by atoms with Crippen LogP contribution in [-0.2, 0) is 20.7 Å². The fraction of sp³-hybridized carbons (Fsp3) is 0.500. The molecule has 1 aromatic carbocycles. The number of likely N-dealkylation sites (tertiary alicyclic amines) is 1. The van der Waals surface area contributed by atoms with E-state index in [9.17, 15) is 9.59 Å². The van der Waals surface area contributed by atoms with Crippen molar-refractivity contribution in [1.29, 1.82) is 0 Å². The van der Waals surface area contributed by atoms with Gasteiger partial charge >= 0.3 is 0 Å². The maximum Gasteiger partial charge on any atom is 0.227 e. The summed E-state index contributed by atoms with van der Waals surface area (Å²) in [7, 11) is 1.57. The second-order valence-electron chi connectivity index (χ2n) is 5.72. The molecule has 0 aromatic heterocycles. The van der Waals surface area contributed by atoms with Gasteiger partial charge in [0.2, 0.25) is 11.8 Å². The summed E-state index contributed by atoms with van der Waals surface area (Å²) >= 11 is 6.12. The van der Waals surface area contributed by atoms with Crippen LogP contribution in [0.15, 0.2) is 24.3 Å². The average molecular weight is 325 g/mol. The van der Waals surface area contributed by atoms with Crippen molar-refractivity contribution in [2.75, 3.05) is 20.3 Å². The molecule has 6 heteroatoms. The second kappa shape index (κ2) is 7.11. The number of ether oxygens (including phenoxy) is 1. The lowest BCUT2D eigenvalue weighted by molar-refractivity contribution is -0.138. The molecule has 1 heterocycles. The first-order chi connectivity index (χ1) is 10.5. The molecule has 5 nitrogen and oxygen atoms in total. The van der Waals surface area contributed by atoms with Crippen molar-refractivity contribution in [3.05, 3.63) is 34.9 Å². The number of halogens is 1. The fourth-order valence-electron chi connectivity index (χ4n) is 3.21. The van der Waals surface area contributed by atoms with Crippen molar-refractivity contribution in [2.24, 2.45) is 5.73 Å². The van der Waals surface area contributed by atoms with Crippen LogP contribution in [0.3, 0.4) is 0 Å². The van der Waals surface area contributed by atoms with E-state index in [1.807, 2.05) is 18.2 Å². The third kappa shape index (κ3) is 3.59. The number of carbonyl (C=O) groups is 2. The molecule has 1 aromatic rings. The predicted molar refractivity (Wildman–Crippen MR) is 84.5 cm³/mol. The Morgan fingerprint density at radius 3 is 2.77 bits per heavy atom. The first-order valence-electron chi connectivity index (χ1n) is 7.29. The number of methoxy groups -OCH3 is 1. The van der Waals surface area contributed by atoms with Gasteiger partial charge in [0, 0.05) is 18.7 Å². The van der Waals surface area contributed by atoms with Crippen molar-refractivity contribution in [3.63, 3.8) is 0 Å². The molecule has 0 radical (unpaired) electrons. The molecule has 0 aliphatic carbocycles. The average Bonchev–Trinajstić information content (AvgIpc) is 2.84. The highest BCUT2D eigenvalue weighted by Crippen LogP contribution is 2.33. The molecule has 1 atom stereocenters. The van der Waals surface area contributed by atoms with Gasteiger partial charge < -0.3 is 15.4 Å². The quantitative estimate of drug-likeness (QED) is 0.866. The number of nitrogens with zero attached hydrogens (tertiary/aromatic N) is 1. The Balaban J connectivity index is 2.19. The lowest BCUT2D eigenvalue weighted by Gasteiger charge is -2.37. The van der Waals surface area contributed by atoms with Gasteiger partial charge in [-0.05, 0) is 24.5 Å². The molecule has 0 unspecified atom stereocenters. The Morgan fingerprint density at radius 2 is 2.14 bits per heavy atom. The summed E-state index contributed by atoms with van der Waals surface area (Å²) in [5, 5.41) is 0.572. The van der Waals surface area contributed by atoms with Crippen LogP contribution in [0.4, 0.5) is 0 Å². The first kappa shape index (κ1) is 16.8. The van der Waals surface area contributed by atoms with E-state index in [-0.39, 0.29) is 18.7 Å². The molecule has 2 rings (SSSR count). The van der Waals surface area contributed by atoms with Crippen LogP contribution in [0, 0.1) is 0 Å². The molecule has 120 valence electrons. The minimum Gasteiger partial charge on any atom is -0.382 e. The number of benzene rings is 1. The van der Waals surface area contributed by atoms with Gasteiger partial charge in [-0.25, -0.2) is 0 Å². The van der Waals surface area contributed by atoms with Gasteiger partial charge in [-0.15, -0.1) is 0 Å². The lowest BCUT2D eigenvalue weighted by atomic mass is 9.92. The number of rotatable bonds is 6. The van der Waals surface area contributed by atoms with E-state index in [2.05, 4.69) is 0 Å². The molecule has 1 aliphatic rings. The number of hydrogen-bond acceptors (Lipinski definition) is 3. The summed E-state index contributed by atoms with van der Waals surface area (Å²) in [6.07, 6.45) is 1.89.